The Kier molecular flexibility index (Phi) is 6.53. The quantitative estimate of drug-likeness (QED) is 0.712. The summed E-state index contributed by atoms with van der Waals surface area (Å²) in [7, 11) is 1.28. The number of Topliss-reactive ketones (excluding diaryl/α,β-unsaturated/α-hetero) is 1. The normalized spacial score (nSPS) is 16.9. The number of carbonyl (C=O) groups is 3. The van der Waals surface area contributed by atoms with Gasteiger partial charge in [-0.15, -0.1) is 0 Å². The van der Waals surface area contributed by atoms with E-state index in [4.69, 9.17) is 0 Å². The van der Waals surface area contributed by atoms with E-state index < -0.39 is 12.0 Å². The number of nitrogens with one attached hydrogen (secondary N) is 1. The van der Waals surface area contributed by atoms with Crippen molar-refractivity contribution in [2.75, 3.05) is 7.11 Å². The molecule has 108 valence electrons. The topological polar surface area (TPSA) is 72.5 Å². The lowest BCUT2D eigenvalue weighted by Gasteiger charge is -2.17. The summed E-state index contributed by atoms with van der Waals surface area (Å²) in [5.74, 6) is -0.170. The molecule has 1 N–H and O–H groups in total. The van der Waals surface area contributed by atoms with Gasteiger partial charge in [-0.3, -0.25) is 4.79 Å². The van der Waals surface area contributed by atoms with Gasteiger partial charge in [-0.05, 0) is 32.1 Å². The van der Waals surface area contributed by atoms with Crippen molar-refractivity contribution >= 4 is 17.7 Å². The zero-order chi connectivity index (χ0) is 14.3. The van der Waals surface area contributed by atoms with Crippen molar-refractivity contribution in [3.8, 4) is 0 Å². The molecule has 0 heterocycles. The third kappa shape index (κ3) is 5.85. The molecule has 0 spiro atoms. The van der Waals surface area contributed by atoms with Crippen molar-refractivity contribution in [2.24, 2.45) is 5.92 Å². The highest BCUT2D eigenvalue weighted by Gasteiger charge is 2.24. The monoisotopic (exact) mass is 269 g/mol. The fourth-order valence-electron chi connectivity index (χ4n) is 2.47. The molecular weight excluding hydrogens is 246 g/mol. The van der Waals surface area contributed by atoms with Gasteiger partial charge < -0.3 is 14.8 Å². The molecule has 1 aliphatic carbocycles. The van der Waals surface area contributed by atoms with Crippen LogP contribution >= 0.6 is 0 Å². The van der Waals surface area contributed by atoms with Gasteiger partial charge in [0.1, 0.15) is 11.8 Å². The second-order valence-corrected chi connectivity index (χ2v) is 5.24. The molecular formula is C14H23NO4. The highest BCUT2D eigenvalue weighted by Crippen LogP contribution is 2.27. The van der Waals surface area contributed by atoms with E-state index in [9.17, 15) is 14.4 Å². The number of hydrogen-bond donors (Lipinski definition) is 1. The summed E-state index contributed by atoms with van der Waals surface area (Å²) >= 11 is 0. The van der Waals surface area contributed by atoms with E-state index in [1.165, 1.54) is 26.9 Å². The Labute approximate surface area is 114 Å². The van der Waals surface area contributed by atoms with Crippen molar-refractivity contribution in [1.29, 1.82) is 0 Å². The average Bonchev–Trinajstić information content (AvgIpc) is 2.85. The van der Waals surface area contributed by atoms with E-state index >= 15 is 0 Å². The lowest BCUT2D eigenvalue weighted by Crippen LogP contribution is -2.42. The molecule has 19 heavy (non-hydrogen) atoms. The van der Waals surface area contributed by atoms with Crippen LogP contribution in [0.4, 0.5) is 0 Å². The Bertz CT molecular complexity index is 334. The van der Waals surface area contributed by atoms with Crippen LogP contribution in [0.25, 0.3) is 0 Å². The number of esters is 1. The smallest absolute Gasteiger partial charge is 0.328 e. The zero-order valence-electron chi connectivity index (χ0n) is 11.7. The summed E-state index contributed by atoms with van der Waals surface area (Å²) in [5.41, 5.74) is 0. The summed E-state index contributed by atoms with van der Waals surface area (Å²) < 4.78 is 4.65. The van der Waals surface area contributed by atoms with Crippen molar-refractivity contribution in [1.82, 2.24) is 5.32 Å². The first kappa shape index (κ1) is 15.7. The third-order valence-corrected chi connectivity index (χ3v) is 3.55. The van der Waals surface area contributed by atoms with E-state index in [-0.39, 0.29) is 18.1 Å². The molecule has 1 rings (SSSR count). The molecule has 1 amide bonds. The average molecular weight is 269 g/mol. The molecule has 0 aromatic carbocycles. The Morgan fingerprint density at radius 2 is 1.89 bits per heavy atom. The predicted molar refractivity (Wildman–Crippen MR) is 70.4 cm³/mol. The highest BCUT2D eigenvalue weighted by atomic mass is 16.5. The van der Waals surface area contributed by atoms with Crippen LogP contribution in [0.2, 0.25) is 0 Å². The Balaban J connectivity index is 2.43. The van der Waals surface area contributed by atoms with Gasteiger partial charge in [-0.25, -0.2) is 4.79 Å². The van der Waals surface area contributed by atoms with Crippen LogP contribution in [0, 0.1) is 5.92 Å². The summed E-state index contributed by atoms with van der Waals surface area (Å²) in [6.07, 6.45) is 5.58. The van der Waals surface area contributed by atoms with Crippen LogP contribution in [0.15, 0.2) is 0 Å². The Morgan fingerprint density at radius 1 is 1.26 bits per heavy atom. The highest BCUT2D eigenvalue weighted by molar-refractivity contribution is 5.85. The standard InChI is InChI=1S/C14H23NO4/c1-10(16)7-8-12(14(18)19-2)15-13(17)9-11-5-3-4-6-11/h11-12H,3-9H2,1-2H3,(H,15,17)/t12-/m0/s1. The van der Waals surface area contributed by atoms with Crippen LogP contribution in [0.3, 0.4) is 0 Å². The lowest BCUT2D eigenvalue weighted by molar-refractivity contribution is -0.145. The summed E-state index contributed by atoms with van der Waals surface area (Å²) in [6, 6.07) is -0.706. The van der Waals surface area contributed by atoms with Crippen LogP contribution in [0.1, 0.15) is 51.9 Å². The molecule has 5 nitrogen and oxygen atoms in total. The maximum Gasteiger partial charge on any atom is 0.328 e. The van der Waals surface area contributed by atoms with E-state index in [1.54, 1.807) is 0 Å². The molecule has 5 heteroatoms. The molecule has 0 bridgehead atoms. The number of rotatable bonds is 7. The minimum Gasteiger partial charge on any atom is -0.467 e. The van der Waals surface area contributed by atoms with Crippen LogP contribution < -0.4 is 5.32 Å². The SMILES string of the molecule is COC(=O)[C@H](CCC(C)=O)NC(=O)CC1CCCC1. The molecule has 0 aromatic heterocycles. The number of ketones is 1. The molecule has 1 atom stereocenters. The molecule has 1 fully saturated rings. The van der Waals surface area contributed by atoms with Crippen molar-refractivity contribution in [2.45, 2.75) is 57.9 Å². The molecule has 0 aliphatic heterocycles. The van der Waals surface area contributed by atoms with Crippen LogP contribution in [-0.4, -0.2) is 30.8 Å². The number of amides is 1. The van der Waals surface area contributed by atoms with Gasteiger partial charge in [0.2, 0.25) is 5.91 Å². The Hall–Kier alpha value is -1.39. The molecule has 0 radical (unpaired) electrons. The number of methoxy groups -OCH3 is 1. The van der Waals surface area contributed by atoms with Crippen molar-refractivity contribution < 1.29 is 19.1 Å². The van der Waals surface area contributed by atoms with Gasteiger partial charge >= 0.3 is 5.97 Å². The van der Waals surface area contributed by atoms with Crippen LogP contribution in [-0.2, 0) is 19.1 Å². The second kappa shape index (κ2) is 7.92. The molecule has 1 aliphatic rings. The van der Waals surface area contributed by atoms with Crippen molar-refractivity contribution in [3.05, 3.63) is 0 Å². The van der Waals surface area contributed by atoms with E-state index in [0.29, 0.717) is 18.8 Å². The number of carbonyl (C=O) groups excluding carboxylic acids is 3. The fourth-order valence-corrected chi connectivity index (χ4v) is 2.47. The van der Waals surface area contributed by atoms with Crippen LogP contribution in [0.5, 0.6) is 0 Å². The minimum atomic E-state index is -0.706. The van der Waals surface area contributed by atoms with Gasteiger partial charge in [-0.2, -0.15) is 0 Å². The van der Waals surface area contributed by atoms with Crippen molar-refractivity contribution in [3.63, 3.8) is 0 Å². The molecule has 1 saturated carbocycles. The van der Waals surface area contributed by atoms with Gasteiger partial charge in [0.25, 0.3) is 0 Å². The number of hydrogen-bond acceptors (Lipinski definition) is 4. The molecule has 0 unspecified atom stereocenters. The van der Waals surface area contributed by atoms with Gasteiger partial charge in [0.15, 0.2) is 0 Å². The zero-order valence-corrected chi connectivity index (χ0v) is 11.7. The number of ether oxygens (including phenoxy) is 1. The first-order valence-electron chi connectivity index (χ1n) is 6.89. The Morgan fingerprint density at radius 3 is 2.42 bits per heavy atom. The molecule has 0 aromatic rings. The first-order valence-corrected chi connectivity index (χ1v) is 6.89. The molecule has 0 saturated heterocycles. The summed E-state index contributed by atoms with van der Waals surface area (Å²) in [6.45, 7) is 1.47. The summed E-state index contributed by atoms with van der Waals surface area (Å²) in [5, 5.41) is 2.68. The fraction of sp³-hybridized carbons (Fsp3) is 0.786. The van der Waals surface area contributed by atoms with E-state index in [0.717, 1.165) is 12.8 Å². The van der Waals surface area contributed by atoms with Gasteiger partial charge in [0, 0.05) is 12.8 Å². The summed E-state index contributed by atoms with van der Waals surface area (Å²) in [4.78, 5) is 34.4. The maximum absolute atomic E-state index is 11.9. The second-order valence-electron chi connectivity index (χ2n) is 5.24. The first-order chi connectivity index (χ1) is 9.02. The van der Waals surface area contributed by atoms with E-state index in [2.05, 4.69) is 10.1 Å². The lowest BCUT2D eigenvalue weighted by atomic mass is 10.0. The predicted octanol–water partition coefficient (Wildman–Crippen LogP) is 1.59. The largest absolute Gasteiger partial charge is 0.467 e. The van der Waals surface area contributed by atoms with E-state index in [1.807, 2.05) is 0 Å². The van der Waals surface area contributed by atoms with Gasteiger partial charge in [0.05, 0.1) is 7.11 Å². The maximum atomic E-state index is 11.9. The third-order valence-electron chi connectivity index (χ3n) is 3.55. The van der Waals surface area contributed by atoms with Gasteiger partial charge in [-0.1, -0.05) is 12.8 Å². The minimum absolute atomic E-state index is 0.000977.